The molecule has 0 radical (unpaired) electrons. The molecule has 0 aliphatic heterocycles. The predicted molar refractivity (Wildman–Crippen MR) is 65.0 cm³/mol. The molecule has 0 aliphatic rings. The molecule has 6 nitrogen and oxygen atoms in total. The van der Waals surface area contributed by atoms with Crippen molar-refractivity contribution in [3.8, 4) is 6.07 Å². The van der Waals surface area contributed by atoms with Gasteiger partial charge in [0.25, 0.3) is 0 Å². The van der Waals surface area contributed by atoms with E-state index in [9.17, 15) is 8.42 Å². The minimum Gasteiger partial charge on any atom is -0.395 e. The maximum Gasteiger partial charge on any atom is 0.242 e. The molecule has 0 aliphatic carbocycles. The van der Waals surface area contributed by atoms with Crippen molar-refractivity contribution in [2.24, 2.45) is 5.92 Å². The summed E-state index contributed by atoms with van der Waals surface area (Å²) >= 11 is 0. The first-order valence-corrected chi connectivity index (χ1v) is 6.88. The summed E-state index contributed by atoms with van der Waals surface area (Å²) in [6, 6.07) is 3.90. The zero-order chi connectivity index (χ0) is 13.8. The minimum absolute atomic E-state index is 0.0272. The summed E-state index contributed by atoms with van der Waals surface area (Å²) in [5.74, 6) is -0.0314. The Morgan fingerprint density at radius 2 is 2.17 bits per heavy atom. The van der Waals surface area contributed by atoms with E-state index in [1.54, 1.807) is 13.8 Å². The second-order valence-corrected chi connectivity index (χ2v) is 5.86. The molecule has 1 atom stereocenters. The normalized spacial score (nSPS) is 13.3. The minimum atomic E-state index is -3.72. The Morgan fingerprint density at radius 3 is 2.56 bits per heavy atom. The van der Waals surface area contributed by atoms with E-state index in [1.807, 2.05) is 6.07 Å². The van der Waals surface area contributed by atoms with Gasteiger partial charge in [0, 0.05) is 12.2 Å². The lowest BCUT2D eigenvalue weighted by Crippen LogP contribution is -2.41. The molecule has 1 aromatic rings. The Balaban J connectivity index is 2.96. The van der Waals surface area contributed by atoms with Crippen LogP contribution in [0.5, 0.6) is 0 Å². The molecule has 1 rings (SSSR count). The molecule has 7 heteroatoms. The molecule has 0 bridgehead atoms. The molecule has 0 unspecified atom stereocenters. The highest BCUT2D eigenvalue weighted by molar-refractivity contribution is 7.89. The summed E-state index contributed by atoms with van der Waals surface area (Å²) in [6.45, 7) is 3.33. The van der Waals surface area contributed by atoms with Crippen LogP contribution in [0.3, 0.4) is 0 Å². The summed E-state index contributed by atoms with van der Waals surface area (Å²) in [4.78, 5) is 3.67. The lowest BCUT2D eigenvalue weighted by Gasteiger charge is -2.19. The van der Waals surface area contributed by atoms with Crippen LogP contribution < -0.4 is 4.72 Å². The summed E-state index contributed by atoms with van der Waals surface area (Å²) in [7, 11) is -3.72. The lowest BCUT2D eigenvalue weighted by molar-refractivity contribution is 0.227. The van der Waals surface area contributed by atoms with Gasteiger partial charge in [-0.2, -0.15) is 5.26 Å². The highest BCUT2D eigenvalue weighted by atomic mass is 32.2. The molecule has 98 valence electrons. The van der Waals surface area contributed by atoms with Gasteiger partial charge >= 0.3 is 0 Å². The van der Waals surface area contributed by atoms with Crippen LogP contribution in [0.1, 0.15) is 19.5 Å². The Hall–Kier alpha value is -1.49. The maximum absolute atomic E-state index is 12.0. The van der Waals surface area contributed by atoms with E-state index in [-0.39, 0.29) is 23.1 Å². The van der Waals surface area contributed by atoms with E-state index in [4.69, 9.17) is 10.4 Å². The molecular formula is C11H15N3O3S. The number of hydrogen-bond donors (Lipinski definition) is 2. The molecule has 1 aromatic heterocycles. The van der Waals surface area contributed by atoms with Crippen molar-refractivity contribution in [3.05, 3.63) is 24.0 Å². The third-order valence-corrected chi connectivity index (χ3v) is 3.94. The maximum atomic E-state index is 12.0. The van der Waals surface area contributed by atoms with Crippen molar-refractivity contribution >= 4 is 10.0 Å². The van der Waals surface area contributed by atoms with Crippen LogP contribution in [0.25, 0.3) is 0 Å². The highest BCUT2D eigenvalue weighted by Crippen LogP contribution is 2.10. The Bertz CT molecular complexity index is 532. The van der Waals surface area contributed by atoms with Gasteiger partial charge in [0.1, 0.15) is 16.7 Å². The van der Waals surface area contributed by atoms with Crippen molar-refractivity contribution in [1.29, 1.82) is 5.26 Å². The number of aromatic nitrogens is 1. The third-order valence-electron chi connectivity index (χ3n) is 2.47. The van der Waals surface area contributed by atoms with Gasteiger partial charge in [-0.25, -0.2) is 18.1 Å². The first-order valence-electron chi connectivity index (χ1n) is 5.40. The fourth-order valence-electron chi connectivity index (χ4n) is 1.26. The molecule has 0 saturated carbocycles. The molecule has 2 N–H and O–H groups in total. The molecule has 0 fully saturated rings. The van der Waals surface area contributed by atoms with E-state index in [2.05, 4.69) is 9.71 Å². The summed E-state index contributed by atoms with van der Waals surface area (Å²) in [5, 5.41) is 17.7. The van der Waals surface area contributed by atoms with Gasteiger partial charge < -0.3 is 5.11 Å². The second-order valence-electron chi connectivity index (χ2n) is 4.15. The van der Waals surface area contributed by atoms with Crippen LogP contribution in [0.4, 0.5) is 0 Å². The summed E-state index contributed by atoms with van der Waals surface area (Å²) < 4.78 is 26.3. The quantitative estimate of drug-likeness (QED) is 0.797. The largest absolute Gasteiger partial charge is 0.395 e. The van der Waals surface area contributed by atoms with Crippen molar-refractivity contribution in [1.82, 2.24) is 9.71 Å². The number of nitrogens with zero attached hydrogens (tertiary/aromatic N) is 2. The van der Waals surface area contributed by atoms with Gasteiger partial charge in [0.05, 0.1) is 6.61 Å². The zero-order valence-electron chi connectivity index (χ0n) is 10.2. The van der Waals surface area contributed by atoms with Crippen LogP contribution >= 0.6 is 0 Å². The van der Waals surface area contributed by atoms with Crippen molar-refractivity contribution in [2.75, 3.05) is 6.61 Å². The number of nitrogens with one attached hydrogen (secondary N) is 1. The van der Waals surface area contributed by atoms with Crippen LogP contribution in [0, 0.1) is 17.2 Å². The van der Waals surface area contributed by atoms with E-state index in [0.717, 1.165) is 6.20 Å². The fourth-order valence-corrected chi connectivity index (χ4v) is 2.58. The lowest BCUT2D eigenvalue weighted by atomic mass is 10.1. The monoisotopic (exact) mass is 269 g/mol. The topological polar surface area (TPSA) is 103 Å². The molecule has 18 heavy (non-hydrogen) atoms. The summed E-state index contributed by atoms with van der Waals surface area (Å²) in [6.07, 6.45) is 1.12. The predicted octanol–water partition coefficient (Wildman–Crippen LogP) is 0.248. The average molecular weight is 269 g/mol. The smallest absolute Gasteiger partial charge is 0.242 e. The Labute approximate surface area is 106 Å². The van der Waals surface area contributed by atoms with Crippen molar-refractivity contribution in [3.63, 3.8) is 0 Å². The third kappa shape index (κ3) is 3.50. The van der Waals surface area contributed by atoms with Crippen LogP contribution in [0.2, 0.25) is 0 Å². The SMILES string of the molecule is CC(C)[C@@H](CO)NS(=O)(=O)c1ccc(C#N)nc1. The Kier molecular flexibility index (Phi) is 4.78. The van der Waals surface area contributed by atoms with E-state index < -0.39 is 16.1 Å². The van der Waals surface area contributed by atoms with Crippen LogP contribution in [-0.2, 0) is 10.0 Å². The molecule has 0 spiro atoms. The number of sulfonamides is 1. The first-order chi connectivity index (χ1) is 8.40. The molecule has 1 heterocycles. The van der Waals surface area contributed by atoms with E-state index in [0.29, 0.717) is 0 Å². The number of pyridine rings is 1. The van der Waals surface area contributed by atoms with Crippen molar-refractivity contribution < 1.29 is 13.5 Å². The summed E-state index contributed by atoms with van der Waals surface area (Å²) in [5.41, 5.74) is 0.150. The average Bonchev–Trinajstić information content (AvgIpc) is 2.35. The van der Waals surface area contributed by atoms with Gasteiger partial charge in [0.15, 0.2) is 0 Å². The number of hydrogen-bond acceptors (Lipinski definition) is 5. The fraction of sp³-hybridized carbons (Fsp3) is 0.455. The van der Waals surface area contributed by atoms with Gasteiger partial charge in [-0.05, 0) is 18.1 Å². The van der Waals surface area contributed by atoms with E-state index in [1.165, 1.54) is 12.1 Å². The van der Waals surface area contributed by atoms with Crippen molar-refractivity contribution in [2.45, 2.75) is 24.8 Å². The van der Waals surface area contributed by atoms with Crippen LogP contribution in [-0.4, -0.2) is 31.2 Å². The number of aliphatic hydroxyl groups is 1. The van der Waals surface area contributed by atoms with Gasteiger partial charge in [0.2, 0.25) is 10.0 Å². The Morgan fingerprint density at radius 1 is 1.50 bits per heavy atom. The van der Waals surface area contributed by atoms with Gasteiger partial charge in [-0.1, -0.05) is 13.8 Å². The van der Waals surface area contributed by atoms with E-state index >= 15 is 0 Å². The molecule has 0 saturated heterocycles. The number of nitriles is 1. The van der Waals surface area contributed by atoms with Gasteiger partial charge in [-0.3, -0.25) is 0 Å². The second kappa shape index (κ2) is 5.91. The molecule has 0 amide bonds. The first kappa shape index (κ1) is 14.6. The number of rotatable bonds is 5. The standard InChI is InChI=1S/C11H15N3O3S/c1-8(2)11(7-15)14-18(16,17)10-4-3-9(5-12)13-6-10/h3-4,6,8,11,14-15H,7H2,1-2H3/t11-/m1/s1. The zero-order valence-corrected chi connectivity index (χ0v) is 11.0. The molecular weight excluding hydrogens is 254 g/mol. The van der Waals surface area contributed by atoms with Crippen LogP contribution in [0.15, 0.2) is 23.2 Å². The highest BCUT2D eigenvalue weighted by Gasteiger charge is 2.22. The van der Waals surface area contributed by atoms with Gasteiger partial charge in [-0.15, -0.1) is 0 Å². The number of aliphatic hydroxyl groups excluding tert-OH is 1. The molecule has 0 aromatic carbocycles.